The normalized spacial score (nSPS) is 11.7. The van der Waals surface area contributed by atoms with E-state index < -0.39 is 18.0 Å². The third-order valence-corrected chi connectivity index (χ3v) is 4.69. The lowest BCUT2D eigenvalue weighted by atomic mass is 10.0. The summed E-state index contributed by atoms with van der Waals surface area (Å²) in [6.07, 6.45) is -1.11. The molecule has 0 radical (unpaired) electrons. The monoisotopic (exact) mass is 351 g/mol. The number of benzene rings is 2. The zero-order chi connectivity index (χ0) is 17.8. The van der Waals surface area contributed by atoms with Gasteiger partial charge in [-0.3, -0.25) is 4.79 Å². The van der Waals surface area contributed by atoms with Gasteiger partial charge in [0, 0.05) is 11.1 Å². The molecule has 3 aromatic rings. The second kappa shape index (κ2) is 7.32. The van der Waals surface area contributed by atoms with Crippen molar-refractivity contribution < 1.29 is 14.3 Å². The van der Waals surface area contributed by atoms with E-state index in [0.29, 0.717) is 10.4 Å². The number of amides is 1. The summed E-state index contributed by atoms with van der Waals surface area (Å²) in [5.41, 5.74) is 8.82. The van der Waals surface area contributed by atoms with Crippen molar-refractivity contribution in [3.63, 3.8) is 0 Å². The Hall–Kier alpha value is -2.92. The standard InChI is InChI=1S/C20H17NO3S/c1-13-7-9-14(10-8-13)16-11-12-25-18(16)20(23)24-17(19(21)22)15-5-3-2-4-6-15/h2-12,17H,1H3,(H2,21,22). The van der Waals surface area contributed by atoms with E-state index in [-0.39, 0.29) is 0 Å². The Bertz CT molecular complexity index is 885. The highest BCUT2D eigenvalue weighted by molar-refractivity contribution is 7.12. The van der Waals surface area contributed by atoms with Crippen LogP contribution >= 0.6 is 11.3 Å². The van der Waals surface area contributed by atoms with E-state index in [1.54, 1.807) is 24.3 Å². The molecule has 5 heteroatoms. The molecule has 0 aliphatic rings. The van der Waals surface area contributed by atoms with Gasteiger partial charge in [0.2, 0.25) is 6.10 Å². The Balaban J connectivity index is 1.88. The van der Waals surface area contributed by atoms with Gasteiger partial charge in [-0.15, -0.1) is 11.3 Å². The van der Waals surface area contributed by atoms with Crippen LogP contribution in [0.2, 0.25) is 0 Å². The predicted molar refractivity (Wildman–Crippen MR) is 98.3 cm³/mol. The molecule has 25 heavy (non-hydrogen) atoms. The van der Waals surface area contributed by atoms with Gasteiger partial charge >= 0.3 is 5.97 Å². The van der Waals surface area contributed by atoms with Gasteiger partial charge in [-0.1, -0.05) is 60.2 Å². The van der Waals surface area contributed by atoms with E-state index in [4.69, 9.17) is 10.5 Å². The van der Waals surface area contributed by atoms with Gasteiger partial charge in [0.05, 0.1) is 0 Å². The largest absolute Gasteiger partial charge is 0.443 e. The maximum atomic E-state index is 12.6. The molecule has 1 atom stereocenters. The number of aryl methyl sites for hydroxylation is 1. The SMILES string of the molecule is Cc1ccc(-c2ccsc2C(=O)OC(C(N)=O)c2ccccc2)cc1. The molecular weight excluding hydrogens is 334 g/mol. The van der Waals surface area contributed by atoms with E-state index in [1.807, 2.05) is 48.7 Å². The first-order valence-electron chi connectivity index (χ1n) is 7.76. The number of ether oxygens (including phenoxy) is 1. The van der Waals surface area contributed by atoms with Gasteiger partial charge in [0.25, 0.3) is 5.91 Å². The van der Waals surface area contributed by atoms with E-state index in [0.717, 1.165) is 16.7 Å². The fourth-order valence-electron chi connectivity index (χ4n) is 2.51. The lowest BCUT2D eigenvalue weighted by molar-refractivity contribution is -0.127. The number of hydrogen-bond acceptors (Lipinski definition) is 4. The zero-order valence-electron chi connectivity index (χ0n) is 13.6. The molecule has 0 fully saturated rings. The number of carbonyl (C=O) groups is 2. The van der Waals surface area contributed by atoms with Gasteiger partial charge in [-0.05, 0) is 23.9 Å². The van der Waals surface area contributed by atoms with Crippen LogP contribution in [0.15, 0.2) is 66.0 Å². The van der Waals surface area contributed by atoms with Crippen LogP contribution in [0.25, 0.3) is 11.1 Å². The van der Waals surface area contributed by atoms with Crippen molar-refractivity contribution in [1.29, 1.82) is 0 Å². The van der Waals surface area contributed by atoms with E-state index >= 15 is 0 Å². The summed E-state index contributed by atoms with van der Waals surface area (Å²) in [6.45, 7) is 2.00. The summed E-state index contributed by atoms with van der Waals surface area (Å²) in [6, 6.07) is 18.5. The van der Waals surface area contributed by atoms with Crippen molar-refractivity contribution in [1.82, 2.24) is 0 Å². The van der Waals surface area contributed by atoms with Gasteiger partial charge in [-0.25, -0.2) is 4.79 Å². The van der Waals surface area contributed by atoms with Crippen molar-refractivity contribution in [3.8, 4) is 11.1 Å². The maximum Gasteiger partial charge on any atom is 0.350 e. The van der Waals surface area contributed by atoms with Crippen LogP contribution < -0.4 is 5.73 Å². The minimum absolute atomic E-state index is 0.450. The molecule has 1 heterocycles. The number of primary amides is 1. The quantitative estimate of drug-likeness (QED) is 0.703. The molecule has 1 aromatic heterocycles. The molecule has 1 unspecified atom stereocenters. The number of nitrogens with two attached hydrogens (primary N) is 1. The molecule has 0 aliphatic heterocycles. The van der Waals surface area contributed by atoms with Crippen LogP contribution in [0, 0.1) is 6.92 Å². The smallest absolute Gasteiger partial charge is 0.350 e. The summed E-state index contributed by atoms with van der Waals surface area (Å²) in [5.74, 6) is -1.26. The van der Waals surface area contributed by atoms with Gasteiger partial charge in [0.1, 0.15) is 4.88 Å². The van der Waals surface area contributed by atoms with Crippen LogP contribution in [0.4, 0.5) is 0 Å². The van der Waals surface area contributed by atoms with Gasteiger partial charge in [0.15, 0.2) is 0 Å². The van der Waals surface area contributed by atoms with Crippen LogP contribution in [-0.2, 0) is 9.53 Å². The summed E-state index contributed by atoms with van der Waals surface area (Å²) in [5, 5.41) is 1.83. The highest BCUT2D eigenvalue weighted by Crippen LogP contribution is 2.30. The Labute approximate surface area is 149 Å². The summed E-state index contributed by atoms with van der Waals surface area (Å²) in [7, 11) is 0. The second-order valence-electron chi connectivity index (χ2n) is 5.63. The topological polar surface area (TPSA) is 69.4 Å². The summed E-state index contributed by atoms with van der Waals surface area (Å²) >= 11 is 1.28. The molecule has 0 saturated carbocycles. The molecule has 0 aliphatic carbocycles. The van der Waals surface area contributed by atoms with Crippen molar-refractivity contribution >= 4 is 23.2 Å². The minimum atomic E-state index is -1.11. The maximum absolute atomic E-state index is 12.6. The molecule has 126 valence electrons. The molecule has 2 N–H and O–H groups in total. The average Bonchev–Trinajstić information content (AvgIpc) is 3.10. The van der Waals surface area contributed by atoms with Gasteiger partial charge < -0.3 is 10.5 Å². The second-order valence-corrected chi connectivity index (χ2v) is 6.54. The number of thiophene rings is 1. The van der Waals surface area contributed by atoms with Crippen LogP contribution in [-0.4, -0.2) is 11.9 Å². The van der Waals surface area contributed by atoms with E-state index in [1.165, 1.54) is 11.3 Å². The molecule has 3 rings (SSSR count). The van der Waals surface area contributed by atoms with Gasteiger partial charge in [-0.2, -0.15) is 0 Å². The number of esters is 1. The highest BCUT2D eigenvalue weighted by Gasteiger charge is 2.25. The van der Waals surface area contributed by atoms with E-state index in [2.05, 4.69) is 0 Å². The number of rotatable bonds is 5. The third kappa shape index (κ3) is 3.78. The van der Waals surface area contributed by atoms with Crippen LogP contribution in [0.3, 0.4) is 0 Å². The predicted octanol–water partition coefficient (Wildman–Crippen LogP) is 4.11. The fraction of sp³-hybridized carbons (Fsp3) is 0.100. The Morgan fingerprint density at radius 2 is 1.68 bits per heavy atom. The fourth-order valence-corrected chi connectivity index (χ4v) is 3.30. The first kappa shape index (κ1) is 16.9. The van der Waals surface area contributed by atoms with E-state index in [9.17, 15) is 9.59 Å². The first-order valence-corrected chi connectivity index (χ1v) is 8.64. The van der Waals surface area contributed by atoms with Crippen molar-refractivity contribution in [2.75, 3.05) is 0 Å². The molecule has 0 spiro atoms. The zero-order valence-corrected chi connectivity index (χ0v) is 14.5. The van der Waals surface area contributed by atoms with Crippen LogP contribution in [0.1, 0.15) is 26.9 Å². The van der Waals surface area contributed by atoms with Crippen LogP contribution in [0.5, 0.6) is 0 Å². The number of hydrogen-bond donors (Lipinski definition) is 1. The first-order chi connectivity index (χ1) is 12.1. The molecule has 0 saturated heterocycles. The summed E-state index contributed by atoms with van der Waals surface area (Å²) in [4.78, 5) is 24.8. The summed E-state index contributed by atoms with van der Waals surface area (Å²) < 4.78 is 5.43. The Kier molecular flexibility index (Phi) is 4.95. The Morgan fingerprint density at radius 1 is 1.00 bits per heavy atom. The van der Waals surface area contributed by atoms with Crippen molar-refractivity contribution in [2.24, 2.45) is 5.73 Å². The number of carbonyl (C=O) groups excluding carboxylic acids is 2. The Morgan fingerprint density at radius 3 is 2.32 bits per heavy atom. The minimum Gasteiger partial charge on any atom is -0.443 e. The van der Waals surface area contributed by atoms with Crippen molar-refractivity contribution in [3.05, 3.63) is 82.0 Å². The average molecular weight is 351 g/mol. The lowest BCUT2D eigenvalue weighted by Crippen LogP contribution is -2.26. The highest BCUT2D eigenvalue weighted by atomic mass is 32.1. The van der Waals surface area contributed by atoms with Crippen molar-refractivity contribution in [2.45, 2.75) is 13.0 Å². The molecule has 4 nitrogen and oxygen atoms in total. The lowest BCUT2D eigenvalue weighted by Gasteiger charge is -2.15. The molecule has 2 aromatic carbocycles. The molecule has 1 amide bonds. The molecule has 0 bridgehead atoms. The molecular formula is C20H17NO3S. The third-order valence-electron chi connectivity index (χ3n) is 3.80.